The van der Waals surface area contributed by atoms with Crippen molar-refractivity contribution < 1.29 is 14.3 Å². The van der Waals surface area contributed by atoms with Crippen LogP contribution in [-0.2, 0) is 16.1 Å². The summed E-state index contributed by atoms with van der Waals surface area (Å²) in [6.45, 7) is 4.07. The van der Waals surface area contributed by atoms with Gasteiger partial charge in [0.25, 0.3) is 5.56 Å². The number of hydrogen-bond acceptors (Lipinski definition) is 7. The molecule has 6 nitrogen and oxygen atoms in total. The molecular formula is C28H20Cl2I2N2O4S2. The molecule has 1 aliphatic rings. The van der Waals surface area contributed by atoms with Crippen molar-refractivity contribution in [3.63, 3.8) is 0 Å². The molecule has 0 saturated carbocycles. The van der Waals surface area contributed by atoms with Gasteiger partial charge in [-0.05, 0) is 106 Å². The highest BCUT2D eigenvalue weighted by molar-refractivity contribution is 14.1. The van der Waals surface area contributed by atoms with Crippen molar-refractivity contribution in [1.29, 1.82) is 0 Å². The van der Waals surface area contributed by atoms with Gasteiger partial charge in [0.1, 0.15) is 18.4 Å². The van der Waals surface area contributed by atoms with Gasteiger partial charge < -0.3 is 9.47 Å². The number of carbonyl (C=O) groups excluding carboxylic acids is 1. The molecule has 0 fully saturated rings. The summed E-state index contributed by atoms with van der Waals surface area (Å²) >= 11 is 19.6. The first kappa shape index (κ1) is 29.8. The summed E-state index contributed by atoms with van der Waals surface area (Å²) in [6, 6.07) is 12.5. The average Bonchev–Trinajstić information content (AvgIpc) is 3.52. The fourth-order valence-electron chi connectivity index (χ4n) is 4.25. The summed E-state index contributed by atoms with van der Waals surface area (Å²) < 4.78 is 15.4. The van der Waals surface area contributed by atoms with Crippen molar-refractivity contribution in [2.75, 3.05) is 6.61 Å². The number of hydrogen-bond donors (Lipinski definition) is 0. The fourth-order valence-corrected chi connectivity index (χ4v) is 8.71. The van der Waals surface area contributed by atoms with Crippen LogP contribution < -0.4 is 19.6 Å². The Morgan fingerprint density at radius 2 is 1.93 bits per heavy atom. The van der Waals surface area contributed by atoms with E-state index in [1.807, 2.05) is 41.8 Å². The summed E-state index contributed by atoms with van der Waals surface area (Å²) in [5, 5.41) is 3.05. The molecule has 0 bridgehead atoms. The summed E-state index contributed by atoms with van der Waals surface area (Å²) in [4.78, 5) is 32.8. The minimum absolute atomic E-state index is 0.209. The molecule has 0 spiro atoms. The topological polar surface area (TPSA) is 69.9 Å². The van der Waals surface area contributed by atoms with Gasteiger partial charge >= 0.3 is 5.97 Å². The third-order valence-corrected chi connectivity index (χ3v) is 10.1. The summed E-state index contributed by atoms with van der Waals surface area (Å²) in [5.74, 6) is 0.272. The lowest BCUT2D eigenvalue weighted by Crippen LogP contribution is -2.39. The second kappa shape index (κ2) is 12.7. The van der Waals surface area contributed by atoms with Crippen LogP contribution in [0.1, 0.15) is 35.9 Å². The van der Waals surface area contributed by atoms with Gasteiger partial charge in [-0.15, -0.1) is 11.3 Å². The van der Waals surface area contributed by atoms with Crippen LogP contribution in [0.3, 0.4) is 0 Å². The number of ether oxygens (including phenoxy) is 2. The Bertz CT molecular complexity index is 1810. The van der Waals surface area contributed by atoms with E-state index in [2.05, 4.69) is 50.2 Å². The Morgan fingerprint density at radius 3 is 2.58 bits per heavy atom. The van der Waals surface area contributed by atoms with Gasteiger partial charge in [-0.3, -0.25) is 9.36 Å². The zero-order valence-corrected chi connectivity index (χ0v) is 28.5. The van der Waals surface area contributed by atoms with Crippen molar-refractivity contribution >= 4 is 103 Å². The van der Waals surface area contributed by atoms with Crippen molar-refractivity contribution in [2.45, 2.75) is 26.5 Å². The van der Waals surface area contributed by atoms with Gasteiger partial charge in [0.2, 0.25) is 0 Å². The van der Waals surface area contributed by atoms with Crippen molar-refractivity contribution in [1.82, 2.24) is 4.57 Å². The van der Waals surface area contributed by atoms with E-state index in [9.17, 15) is 9.59 Å². The average molecular weight is 837 g/mol. The first-order valence-electron chi connectivity index (χ1n) is 12.0. The molecule has 0 amide bonds. The van der Waals surface area contributed by atoms with Gasteiger partial charge in [0.15, 0.2) is 4.80 Å². The SMILES string of the molecule is CCOC(=O)C1=C(C)N=c2s/c(=C\c3cc(I)c(OCc4ccc(Cl)cc4Cl)c(I)c3)c(=O)n2[C@H]1c1cccs1. The fraction of sp³-hybridized carbons (Fsp3) is 0.179. The predicted molar refractivity (Wildman–Crippen MR) is 177 cm³/mol. The van der Waals surface area contributed by atoms with Crippen LogP contribution in [0.25, 0.3) is 6.08 Å². The molecule has 2 aromatic carbocycles. The monoisotopic (exact) mass is 836 g/mol. The summed E-state index contributed by atoms with van der Waals surface area (Å²) in [5.41, 5.74) is 2.41. The second-order valence-corrected chi connectivity index (χ2v) is 13.8. The smallest absolute Gasteiger partial charge is 0.338 e. The van der Waals surface area contributed by atoms with Gasteiger partial charge in [-0.25, -0.2) is 9.79 Å². The number of esters is 1. The van der Waals surface area contributed by atoms with E-state index < -0.39 is 12.0 Å². The Balaban J connectivity index is 1.52. The van der Waals surface area contributed by atoms with E-state index >= 15 is 0 Å². The second-order valence-electron chi connectivity index (χ2n) is 8.66. The highest BCUT2D eigenvalue weighted by atomic mass is 127. The van der Waals surface area contributed by atoms with Crippen LogP contribution in [0, 0.1) is 7.14 Å². The molecule has 3 heterocycles. The molecular weight excluding hydrogens is 817 g/mol. The largest absolute Gasteiger partial charge is 0.487 e. The third-order valence-electron chi connectivity index (χ3n) is 6.04. The van der Waals surface area contributed by atoms with E-state index in [4.69, 9.17) is 32.7 Å². The van der Waals surface area contributed by atoms with Crippen LogP contribution >= 0.6 is 91.1 Å². The van der Waals surface area contributed by atoms with E-state index in [0.717, 1.165) is 28.9 Å². The zero-order chi connectivity index (χ0) is 28.6. The van der Waals surface area contributed by atoms with Crippen molar-refractivity contribution in [3.05, 3.63) is 112 Å². The molecule has 5 rings (SSSR count). The molecule has 2 aromatic heterocycles. The van der Waals surface area contributed by atoms with Gasteiger partial charge in [-0.1, -0.05) is 46.7 Å². The number of benzene rings is 2. The molecule has 0 N–H and O–H groups in total. The van der Waals surface area contributed by atoms with Crippen LogP contribution in [0.2, 0.25) is 10.0 Å². The van der Waals surface area contributed by atoms with Gasteiger partial charge in [0, 0.05) is 20.5 Å². The lowest BCUT2D eigenvalue weighted by molar-refractivity contribution is -0.139. The van der Waals surface area contributed by atoms with Crippen LogP contribution in [0.5, 0.6) is 5.75 Å². The molecule has 0 radical (unpaired) electrons. The maximum atomic E-state index is 13.8. The number of carbonyl (C=O) groups is 1. The number of fused-ring (bicyclic) bond motifs is 1. The molecule has 0 aliphatic carbocycles. The predicted octanol–water partition coefficient (Wildman–Crippen LogP) is 6.95. The van der Waals surface area contributed by atoms with Gasteiger partial charge in [-0.2, -0.15) is 0 Å². The van der Waals surface area contributed by atoms with Crippen LogP contribution in [-0.4, -0.2) is 17.1 Å². The maximum absolute atomic E-state index is 13.8. The van der Waals surface area contributed by atoms with E-state index in [1.165, 1.54) is 22.7 Å². The molecule has 206 valence electrons. The molecule has 0 saturated heterocycles. The summed E-state index contributed by atoms with van der Waals surface area (Å²) in [6.07, 6.45) is 1.85. The first-order valence-corrected chi connectivity index (χ1v) is 16.6. The number of halogens is 4. The minimum atomic E-state index is -0.590. The quantitative estimate of drug-likeness (QED) is 0.149. The molecule has 4 aromatic rings. The first-order chi connectivity index (χ1) is 19.2. The standard InChI is InChI=1S/C28H20Cl2I2N2O4S2/c1-3-37-27(36)23-14(2)33-28-34(24(23)21-5-4-8-39-21)26(35)22(40-28)11-15-9-19(31)25(20(32)10-15)38-13-16-6-7-17(29)12-18(16)30/h4-12,24H,3,13H2,1-2H3/b22-11-/t24-/m0/s1. The number of thiazole rings is 1. The number of nitrogens with zero attached hydrogens (tertiary/aromatic N) is 2. The number of allylic oxidation sites excluding steroid dienone is 1. The molecule has 1 aliphatic heterocycles. The highest BCUT2D eigenvalue weighted by Crippen LogP contribution is 2.34. The number of aromatic nitrogens is 1. The highest BCUT2D eigenvalue weighted by Gasteiger charge is 2.33. The van der Waals surface area contributed by atoms with Crippen molar-refractivity contribution in [3.8, 4) is 5.75 Å². The normalized spacial score (nSPS) is 15.2. The van der Waals surface area contributed by atoms with Crippen LogP contribution in [0.15, 0.2) is 68.9 Å². The lowest BCUT2D eigenvalue weighted by atomic mass is 10.0. The Morgan fingerprint density at radius 1 is 1.18 bits per heavy atom. The Labute approximate surface area is 275 Å². The van der Waals surface area contributed by atoms with E-state index in [-0.39, 0.29) is 12.2 Å². The van der Waals surface area contributed by atoms with Crippen LogP contribution in [0.4, 0.5) is 0 Å². The molecule has 12 heteroatoms. The lowest BCUT2D eigenvalue weighted by Gasteiger charge is -2.23. The number of thiophene rings is 1. The van der Waals surface area contributed by atoms with E-state index in [0.29, 0.717) is 37.3 Å². The molecule has 40 heavy (non-hydrogen) atoms. The Kier molecular flexibility index (Phi) is 9.42. The Hall–Kier alpha value is -1.71. The zero-order valence-electron chi connectivity index (χ0n) is 21.0. The minimum Gasteiger partial charge on any atom is -0.487 e. The molecule has 1 atom stereocenters. The third kappa shape index (κ3) is 6.07. The summed E-state index contributed by atoms with van der Waals surface area (Å²) in [7, 11) is 0. The van der Waals surface area contributed by atoms with Gasteiger partial charge in [0.05, 0.1) is 29.5 Å². The number of rotatable bonds is 7. The van der Waals surface area contributed by atoms with E-state index in [1.54, 1.807) is 30.5 Å². The maximum Gasteiger partial charge on any atom is 0.338 e. The van der Waals surface area contributed by atoms with Crippen molar-refractivity contribution in [2.24, 2.45) is 4.99 Å². The molecule has 0 unspecified atom stereocenters.